The van der Waals surface area contributed by atoms with Gasteiger partial charge in [0.2, 0.25) is 0 Å². The Morgan fingerprint density at radius 3 is 2.42 bits per heavy atom. The fourth-order valence-electron chi connectivity index (χ4n) is 1.95. The third kappa shape index (κ3) is 3.95. The molecular formula is C17H19NO. The van der Waals surface area contributed by atoms with Crippen molar-refractivity contribution in [3.05, 3.63) is 60.2 Å². The van der Waals surface area contributed by atoms with E-state index in [2.05, 4.69) is 36.2 Å². The maximum Gasteiger partial charge on any atom is 0.144 e. The van der Waals surface area contributed by atoms with Crippen molar-refractivity contribution >= 4 is 11.4 Å². The standard InChI is InChI=1S/C17H19NO/c1-14(12-13-15-8-4-3-5-9-15)18-16-10-6-7-11-17(16)19-2/h3-11H,12-13H2,1-2H3. The molecule has 0 heterocycles. The van der Waals surface area contributed by atoms with Crippen LogP contribution in [0.2, 0.25) is 0 Å². The summed E-state index contributed by atoms with van der Waals surface area (Å²) < 4.78 is 5.30. The molecule has 0 atom stereocenters. The number of aryl methyl sites for hydroxylation is 1. The van der Waals surface area contributed by atoms with Crippen molar-refractivity contribution in [2.75, 3.05) is 7.11 Å². The number of para-hydroxylation sites is 2. The average molecular weight is 253 g/mol. The lowest BCUT2D eigenvalue weighted by Gasteiger charge is -2.05. The molecule has 0 aromatic heterocycles. The smallest absolute Gasteiger partial charge is 0.144 e. The molecule has 2 aromatic rings. The lowest BCUT2D eigenvalue weighted by atomic mass is 10.1. The van der Waals surface area contributed by atoms with E-state index in [1.807, 2.05) is 30.3 Å². The molecule has 0 bridgehead atoms. The summed E-state index contributed by atoms with van der Waals surface area (Å²) in [5.41, 5.74) is 3.36. The summed E-state index contributed by atoms with van der Waals surface area (Å²) in [7, 11) is 1.67. The van der Waals surface area contributed by atoms with Crippen LogP contribution < -0.4 is 4.74 Å². The van der Waals surface area contributed by atoms with Crippen LogP contribution in [0.3, 0.4) is 0 Å². The number of benzene rings is 2. The van der Waals surface area contributed by atoms with Crippen LogP contribution in [0.15, 0.2) is 59.6 Å². The summed E-state index contributed by atoms with van der Waals surface area (Å²) in [6, 6.07) is 18.3. The fraction of sp³-hybridized carbons (Fsp3) is 0.235. The zero-order chi connectivity index (χ0) is 13.5. The van der Waals surface area contributed by atoms with E-state index in [-0.39, 0.29) is 0 Å². The molecule has 0 saturated heterocycles. The molecule has 0 aliphatic rings. The van der Waals surface area contributed by atoms with Crippen molar-refractivity contribution < 1.29 is 4.74 Å². The number of methoxy groups -OCH3 is 1. The SMILES string of the molecule is COc1ccccc1N=C(C)CCc1ccccc1. The van der Waals surface area contributed by atoms with Gasteiger partial charge in [0.25, 0.3) is 0 Å². The third-order valence-corrected chi connectivity index (χ3v) is 3.01. The van der Waals surface area contributed by atoms with E-state index in [0.717, 1.165) is 30.0 Å². The van der Waals surface area contributed by atoms with Crippen LogP contribution in [-0.4, -0.2) is 12.8 Å². The van der Waals surface area contributed by atoms with E-state index in [9.17, 15) is 0 Å². The van der Waals surface area contributed by atoms with E-state index in [4.69, 9.17) is 4.74 Å². The number of nitrogens with zero attached hydrogens (tertiary/aromatic N) is 1. The van der Waals surface area contributed by atoms with Gasteiger partial charge in [-0.25, -0.2) is 0 Å². The van der Waals surface area contributed by atoms with Gasteiger partial charge >= 0.3 is 0 Å². The summed E-state index contributed by atoms with van der Waals surface area (Å²) >= 11 is 0. The minimum absolute atomic E-state index is 0.821. The van der Waals surface area contributed by atoms with Crippen LogP contribution in [0.5, 0.6) is 5.75 Å². The van der Waals surface area contributed by atoms with E-state index >= 15 is 0 Å². The zero-order valence-electron chi connectivity index (χ0n) is 11.5. The van der Waals surface area contributed by atoms with Crippen LogP contribution in [0, 0.1) is 0 Å². The fourth-order valence-corrected chi connectivity index (χ4v) is 1.95. The number of hydrogen-bond acceptors (Lipinski definition) is 2. The molecule has 2 aromatic carbocycles. The maximum absolute atomic E-state index is 5.30. The van der Waals surface area contributed by atoms with Gasteiger partial charge in [0, 0.05) is 5.71 Å². The lowest BCUT2D eigenvalue weighted by molar-refractivity contribution is 0.416. The van der Waals surface area contributed by atoms with E-state index in [1.54, 1.807) is 7.11 Å². The molecular weight excluding hydrogens is 234 g/mol. The number of rotatable bonds is 5. The monoisotopic (exact) mass is 253 g/mol. The summed E-state index contributed by atoms with van der Waals surface area (Å²) in [6.45, 7) is 2.06. The highest BCUT2D eigenvalue weighted by molar-refractivity contribution is 5.85. The zero-order valence-corrected chi connectivity index (χ0v) is 11.5. The second-order valence-electron chi connectivity index (χ2n) is 4.50. The van der Waals surface area contributed by atoms with Gasteiger partial charge in [-0.3, -0.25) is 4.99 Å². The van der Waals surface area contributed by atoms with E-state index < -0.39 is 0 Å². The second-order valence-corrected chi connectivity index (χ2v) is 4.50. The predicted molar refractivity (Wildman–Crippen MR) is 80.5 cm³/mol. The summed E-state index contributed by atoms with van der Waals surface area (Å²) in [5, 5.41) is 0. The van der Waals surface area contributed by atoms with E-state index in [1.165, 1.54) is 5.56 Å². The summed E-state index contributed by atoms with van der Waals surface area (Å²) in [5.74, 6) is 0.821. The van der Waals surface area contributed by atoms with E-state index in [0.29, 0.717) is 0 Å². The molecule has 2 nitrogen and oxygen atoms in total. The molecule has 2 rings (SSSR count). The molecule has 0 spiro atoms. The van der Waals surface area contributed by atoms with Crippen LogP contribution in [0.25, 0.3) is 0 Å². The van der Waals surface area contributed by atoms with Crippen molar-refractivity contribution in [2.24, 2.45) is 4.99 Å². The predicted octanol–water partition coefficient (Wildman–Crippen LogP) is 4.42. The Bertz CT molecular complexity index is 546. The molecule has 0 radical (unpaired) electrons. The van der Waals surface area contributed by atoms with Crippen molar-refractivity contribution in [3.63, 3.8) is 0 Å². The summed E-state index contributed by atoms with van der Waals surface area (Å²) in [4.78, 5) is 4.64. The Hall–Kier alpha value is -2.09. The highest BCUT2D eigenvalue weighted by Gasteiger charge is 2.01. The molecule has 0 N–H and O–H groups in total. The molecule has 0 aliphatic heterocycles. The quantitative estimate of drug-likeness (QED) is 0.723. The van der Waals surface area contributed by atoms with Gasteiger partial charge in [-0.1, -0.05) is 42.5 Å². The molecule has 0 saturated carbocycles. The average Bonchev–Trinajstić information content (AvgIpc) is 2.47. The first-order valence-corrected chi connectivity index (χ1v) is 6.50. The van der Waals surface area contributed by atoms with Gasteiger partial charge < -0.3 is 4.74 Å². The Morgan fingerprint density at radius 1 is 1.00 bits per heavy atom. The van der Waals surface area contributed by atoms with Crippen molar-refractivity contribution in [1.29, 1.82) is 0 Å². The first kappa shape index (κ1) is 13.3. The molecule has 19 heavy (non-hydrogen) atoms. The largest absolute Gasteiger partial charge is 0.494 e. The molecule has 0 unspecified atom stereocenters. The van der Waals surface area contributed by atoms with Gasteiger partial charge in [-0.05, 0) is 37.5 Å². The minimum Gasteiger partial charge on any atom is -0.494 e. The maximum atomic E-state index is 5.30. The Morgan fingerprint density at radius 2 is 1.68 bits per heavy atom. The van der Waals surface area contributed by atoms with Crippen LogP contribution in [0.4, 0.5) is 5.69 Å². The van der Waals surface area contributed by atoms with Gasteiger partial charge in [0.05, 0.1) is 7.11 Å². The van der Waals surface area contributed by atoms with Crippen molar-refractivity contribution in [2.45, 2.75) is 19.8 Å². The lowest BCUT2D eigenvalue weighted by Crippen LogP contribution is -1.95. The first-order chi connectivity index (χ1) is 9.29. The molecule has 0 fully saturated rings. The molecule has 98 valence electrons. The minimum atomic E-state index is 0.821. The Kier molecular flexibility index (Phi) is 4.73. The molecule has 0 amide bonds. The van der Waals surface area contributed by atoms with Gasteiger partial charge in [-0.2, -0.15) is 0 Å². The van der Waals surface area contributed by atoms with Crippen LogP contribution in [-0.2, 0) is 6.42 Å². The highest BCUT2D eigenvalue weighted by atomic mass is 16.5. The normalized spacial score (nSPS) is 11.4. The Balaban J connectivity index is 2.03. The molecule has 0 aliphatic carbocycles. The number of ether oxygens (including phenoxy) is 1. The summed E-state index contributed by atoms with van der Waals surface area (Å²) in [6.07, 6.45) is 1.98. The Labute approximate surface area is 114 Å². The third-order valence-electron chi connectivity index (χ3n) is 3.01. The topological polar surface area (TPSA) is 21.6 Å². The van der Waals surface area contributed by atoms with Crippen LogP contribution in [0.1, 0.15) is 18.9 Å². The molecule has 2 heteroatoms. The first-order valence-electron chi connectivity index (χ1n) is 6.50. The number of aliphatic imine (C=N–C) groups is 1. The van der Waals surface area contributed by atoms with Crippen molar-refractivity contribution in [1.82, 2.24) is 0 Å². The highest BCUT2D eigenvalue weighted by Crippen LogP contribution is 2.26. The second kappa shape index (κ2) is 6.74. The van der Waals surface area contributed by atoms with Gasteiger partial charge in [0.1, 0.15) is 11.4 Å². The number of hydrogen-bond donors (Lipinski definition) is 0. The van der Waals surface area contributed by atoms with Crippen molar-refractivity contribution in [3.8, 4) is 5.75 Å². The van der Waals surface area contributed by atoms with Gasteiger partial charge in [-0.15, -0.1) is 0 Å². The van der Waals surface area contributed by atoms with Crippen LogP contribution >= 0.6 is 0 Å². The van der Waals surface area contributed by atoms with Gasteiger partial charge in [0.15, 0.2) is 0 Å².